The molecule has 76 valence electrons. The predicted octanol–water partition coefficient (Wildman–Crippen LogP) is -2.36. The van der Waals surface area contributed by atoms with E-state index in [1.54, 1.807) is 7.05 Å². The van der Waals surface area contributed by atoms with Crippen LogP contribution in [0, 0.1) is 0 Å². The molecule has 1 heterocycles. The lowest BCUT2D eigenvalue weighted by Gasteiger charge is -2.06. The molecule has 0 saturated heterocycles. The molecule has 4 N–H and O–H groups in total. The molecule has 0 bridgehead atoms. The van der Waals surface area contributed by atoms with Crippen LogP contribution in [0.15, 0.2) is 5.16 Å². The summed E-state index contributed by atoms with van der Waals surface area (Å²) in [6, 6.07) is 0. The molecule has 14 heavy (non-hydrogen) atoms. The molecule has 9 heteroatoms. The quantitative estimate of drug-likeness (QED) is 0.427. The lowest BCUT2D eigenvalue weighted by Crippen LogP contribution is -2.37. The summed E-state index contributed by atoms with van der Waals surface area (Å²) < 4.78 is 1.31. The van der Waals surface area contributed by atoms with Crippen LogP contribution < -0.4 is 11.5 Å². The highest BCUT2D eigenvalue weighted by Crippen LogP contribution is 2.18. The van der Waals surface area contributed by atoms with Crippen LogP contribution in [0.25, 0.3) is 0 Å². The number of carbonyl (C=O) groups is 2. The van der Waals surface area contributed by atoms with Gasteiger partial charge in [-0.25, -0.2) is 4.68 Å². The molecule has 0 aliphatic carbocycles. The van der Waals surface area contributed by atoms with E-state index in [4.69, 9.17) is 11.5 Å². The maximum absolute atomic E-state index is 10.8. The number of thioether (sulfide) groups is 1. The van der Waals surface area contributed by atoms with Gasteiger partial charge in [0.05, 0.1) is 0 Å². The first-order valence-corrected chi connectivity index (χ1v) is 4.38. The van der Waals surface area contributed by atoms with Crippen LogP contribution in [0.5, 0.6) is 0 Å². The molecule has 2 amide bonds. The summed E-state index contributed by atoms with van der Waals surface area (Å²) in [5, 5.41) is 9.57. The molecule has 1 aromatic heterocycles. The fraction of sp³-hybridized carbons (Fsp3) is 0.400. The number of nitrogens with zero attached hydrogens (tertiary/aromatic N) is 4. The number of amides is 2. The molecule has 1 aromatic rings. The van der Waals surface area contributed by atoms with Crippen molar-refractivity contribution in [3.63, 3.8) is 0 Å². The van der Waals surface area contributed by atoms with Crippen molar-refractivity contribution in [1.82, 2.24) is 20.2 Å². The average molecular weight is 216 g/mol. The van der Waals surface area contributed by atoms with E-state index in [0.29, 0.717) is 5.16 Å². The van der Waals surface area contributed by atoms with E-state index in [9.17, 15) is 9.59 Å². The third-order valence-electron chi connectivity index (χ3n) is 1.32. The van der Waals surface area contributed by atoms with Gasteiger partial charge in [0, 0.05) is 7.05 Å². The summed E-state index contributed by atoms with van der Waals surface area (Å²) >= 11 is 0.816. The van der Waals surface area contributed by atoms with E-state index in [2.05, 4.69) is 15.5 Å². The summed E-state index contributed by atoms with van der Waals surface area (Å²) in [6.07, 6.45) is 0. The van der Waals surface area contributed by atoms with Crippen LogP contribution >= 0.6 is 11.8 Å². The van der Waals surface area contributed by atoms with E-state index < -0.39 is 17.1 Å². The van der Waals surface area contributed by atoms with Crippen LogP contribution in [0.3, 0.4) is 0 Å². The zero-order chi connectivity index (χ0) is 10.7. The maximum atomic E-state index is 10.8. The number of primary amides is 2. The zero-order valence-electron chi connectivity index (χ0n) is 7.25. The second-order valence-electron chi connectivity index (χ2n) is 2.39. The van der Waals surface area contributed by atoms with Crippen LogP contribution in [0.4, 0.5) is 0 Å². The number of carbonyl (C=O) groups excluding carboxylic acids is 2. The highest BCUT2D eigenvalue weighted by molar-refractivity contribution is 8.01. The van der Waals surface area contributed by atoms with E-state index in [1.165, 1.54) is 4.68 Å². The zero-order valence-corrected chi connectivity index (χ0v) is 8.06. The Kier molecular flexibility index (Phi) is 3.02. The number of rotatable bonds is 4. The minimum atomic E-state index is -1.15. The first-order valence-electron chi connectivity index (χ1n) is 3.50. The van der Waals surface area contributed by atoms with Gasteiger partial charge in [-0.2, -0.15) is 0 Å². The Hall–Kier alpha value is -1.64. The van der Waals surface area contributed by atoms with Gasteiger partial charge in [-0.1, -0.05) is 11.8 Å². The molecule has 0 saturated carbocycles. The Morgan fingerprint density at radius 3 is 2.36 bits per heavy atom. The second-order valence-corrected chi connectivity index (χ2v) is 3.46. The minimum absolute atomic E-state index is 0.299. The smallest absolute Gasteiger partial charge is 0.240 e. The van der Waals surface area contributed by atoms with Gasteiger partial charge in [0.25, 0.3) is 0 Å². The first kappa shape index (κ1) is 10.4. The molecule has 0 aromatic carbocycles. The molecular formula is C5H8N6O2S. The van der Waals surface area contributed by atoms with Gasteiger partial charge in [-0.3, -0.25) is 9.59 Å². The van der Waals surface area contributed by atoms with Gasteiger partial charge in [-0.15, -0.1) is 5.10 Å². The van der Waals surface area contributed by atoms with Crippen LogP contribution in [0.1, 0.15) is 0 Å². The fourth-order valence-corrected chi connectivity index (χ4v) is 1.40. The Morgan fingerprint density at radius 2 is 2.00 bits per heavy atom. The summed E-state index contributed by atoms with van der Waals surface area (Å²) in [5.41, 5.74) is 9.93. The first-order chi connectivity index (χ1) is 6.52. The summed E-state index contributed by atoms with van der Waals surface area (Å²) in [5.74, 6) is -1.63. The molecule has 8 nitrogen and oxygen atoms in total. The van der Waals surface area contributed by atoms with Gasteiger partial charge < -0.3 is 11.5 Å². The summed E-state index contributed by atoms with van der Waals surface area (Å²) in [6.45, 7) is 0. The molecule has 1 rings (SSSR count). The van der Waals surface area contributed by atoms with E-state index in [0.717, 1.165) is 11.8 Å². The number of hydrogen-bond acceptors (Lipinski definition) is 6. The number of nitrogens with two attached hydrogens (primary N) is 2. The Morgan fingerprint density at radius 1 is 1.43 bits per heavy atom. The normalized spacial score (nSPS) is 10.4. The number of aryl methyl sites for hydroxylation is 1. The highest BCUT2D eigenvalue weighted by Gasteiger charge is 2.25. The van der Waals surface area contributed by atoms with Gasteiger partial charge in [0.15, 0.2) is 5.25 Å². The topological polar surface area (TPSA) is 130 Å². The Balaban J connectivity index is 2.80. The Labute approximate surface area is 83.0 Å². The number of aromatic nitrogens is 4. The third kappa shape index (κ3) is 2.19. The van der Waals surface area contributed by atoms with Crippen LogP contribution in [-0.4, -0.2) is 37.3 Å². The summed E-state index contributed by atoms with van der Waals surface area (Å²) in [7, 11) is 1.57. The van der Waals surface area contributed by atoms with E-state index in [1.807, 2.05) is 0 Å². The van der Waals surface area contributed by atoms with Crippen molar-refractivity contribution in [3.05, 3.63) is 0 Å². The fourth-order valence-electron chi connectivity index (χ4n) is 0.683. The van der Waals surface area contributed by atoms with Crippen molar-refractivity contribution in [2.45, 2.75) is 10.4 Å². The molecule has 0 unspecified atom stereocenters. The number of hydrogen-bond donors (Lipinski definition) is 2. The molecule has 0 spiro atoms. The van der Waals surface area contributed by atoms with Gasteiger partial charge >= 0.3 is 0 Å². The second kappa shape index (κ2) is 4.05. The van der Waals surface area contributed by atoms with Crippen molar-refractivity contribution in [1.29, 1.82) is 0 Å². The molecular weight excluding hydrogens is 208 g/mol. The Bertz CT molecular complexity index is 349. The van der Waals surface area contributed by atoms with Gasteiger partial charge in [-0.05, 0) is 10.4 Å². The predicted molar refractivity (Wildman–Crippen MR) is 46.8 cm³/mol. The van der Waals surface area contributed by atoms with Crippen LogP contribution in [-0.2, 0) is 16.6 Å². The molecule has 0 fully saturated rings. The van der Waals surface area contributed by atoms with E-state index >= 15 is 0 Å². The lowest BCUT2D eigenvalue weighted by molar-refractivity contribution is -0.125. The molecule has 0 aliphatic heterocycles. The number of tetrazole rings is 1. The average Bonchev–Trinajstić information content (AvgIpc) is 2.46. The van der Waals surface area contributed by atoms with Gasteiger partial charge in [0.1, 0.15) is 0 Å². The largest absolute Gasteiger partial charge is 0.368 e. The highest BCUT2D eigenvalue weighted by atomic mass is 32.2. The monoisotopic (exact) mass is 216 g/mol. The van der Waals surface area contributed by atoms with Crippen LogP contribution in [0.2, 0.25) is 0 Å². The van der Waals surface area contributed by atoms with Crippen molar-refractivity contribution >= 4 is 23.6 Å². The standard InChI is InChI=1S/C5H8N6O2S/c1-11-5(8-9-10-11)14-2(3(6)12)4(7)13/h2H,1H3,(H2,6,12)(H2,7,13). The summed E-state index contributed by atoms with van der Waals surface area (Å²) in [4.78, 5) is 21.6. The van der Waals surface area contributed by atoms with Gasteiger partial charge in [0.2, 0.25) is 17.0 Å². The van der Waals surface area contributed by atoms with Crippen molar-refractivity contribution in [3.8, 4) is 0 Å². The molecule has 0 aliphatic rings. The maximum Gasteiger partial charge on any atom is 0.240 e. The molecule has 0 radical (unpaired) electrons. The molecule has 0 atom stereocenters. The third-order valence-corrected chi connectivity index (χ3v) is 2.58. The van der Waals surface area contributed by atoms with Crippen molar-refractivity contribution in [2.75, 3.05) is 0 Å². The van der Waals surface area contributed by atoms with E-state index in [-0.39, 0.29) is 0 Å². The lowest BCUT2D eigenvalue weighted by atomic mass is 10.4. The minimum Gasteiger partial charge on any atom is -0.368 e. The SMILES string of the molecule is Cn1nnnc1SC(C(N)=O)C(N)=O. The van der Waals surface area contributed by atoms with Crippen molar-refractivity contribution in [2.24, 2.45) is 18.5 Å². The van der Waals surface area contributed by atoms with Crippen molar-refractivity contribution < 1.29 is 9.59 Å².